The maximum atomic E-state index is 6.84. The Morgan fingerprint density at radius 2 is 0.821 bits per heavy atom. The number of furan rings is 1. The maximum Gasteiger partial charge on any atom is 0.164 e. The predicted octanol–water partition coefficient (Wildman–Crippen LogP) is 13.3. The molecule has 56 heavy (non-hydrogen) atoms. The van der Waals surface area contributed by atoms with Gasteiger partial charge in [0.15, 0.2) is 17.5 Å². The van der Waals surface area contributed by atoms with E-state index in [1.807, 2.05) is 60.7 Å². The molecule has 5 nitrogen and oxygen atoms in total. The van der Waals surface area contributed by atoms with E-state index in [2.05, 4.69) is 126 Å². The fraction of sp³-hybridized carbons (Fsp3) is 0. The van der Waals surface area contributed by atoms with Crippen molar-refractivity contribution in [1.29, 1.82) is 0 Å². The van der Waals surface area contributed by atoms with Crippen molar-refractivity contribution >= 4 is 76.1 Å². The topological polar surface area (TPSA) is 56.7 Å². The van der Waals surface area contributed by atoms with Gasteiger partial charge in [0.05, 0.1) is 16.7 Å². The average molecular weight is 715 g/mol. The summed E-state index contributed by atoms with van der Waals surface area (Å²) in [5.74, 6) is 1.85. The van der Waals surface area contributed by atoms with Crippen molar-refractivity contribution in [2.75, 3.05) is 0 Å². The van der Waals surface area contributed by atoms with E-state index < -0.39 is 0 Å². The van der Waals surface area contributed by atoms with Gasteiger partial charge < -0.3 is 8.98 Å². The van der Waals surface area contributed by atoms with Gasteiger partial charge in [0.25, 0.3) is 0 Å². The van der Waals surface area contributed by atoms with Gasteiger partial charge in [-0.05, 0) is 64.0 Å². The van der Waals surface area contributed by atoms with E-state index in [-0.39, 0.29) is 0 Å². The van der Waals surface area contributed by atoms with Gasteiger partial charge in [-0.2, -0.15) is 0 Å². The highest BCUT2D eigenvalue weighted by molar-refractivity contribution is 6.21. The minimum atomic E-state index is 0.593. The molecular formula is C51H30N4O. The van der Waals surface area contributed by atoms with E-state index in [9.17, 15) is 0 Å². The normalized spacial score (nSPS) is 11.9. The summed E-state index contributed by atoms with van der Waals surface area (Å²) in [5.41, 5.74) is 7.83. The van der Waals surface area contributed by atoms with E-state index >= 15 is 0 Å². The van der Waals surface area contributed by atoms with Gasteiger partial charge in [0.1, 0.15) is 11.2 Å². The van der Waals surface area contributed by atoms with Crippen molar-refractivity contribution in [1.82, 2.24) is 19.5 Å². The summed E-state index contributed by atoms with van der Waals surface area (Å²) in [6.45, 7) is 0. The lowest BCUT2D eigenvalue weighted by atomic mass is 10.0. The zero-order valence-corrected chi connectivity index (χ0v) is 30.0. The average Bonchev–Trinajstić information content (AvgIpc) is 3.79. The first kappa shape index (κ1) is 30.8. The van der Waals surface area contributed by atoms with Crippen LogP contribution in [0.4, 0.5) is 0 Å². The number of fused-ring (bicyclic) bond motifs is 10. The summed E-state index contributed by atoms with van der Waals surface area (Å²) >= 11 is 0. The van der Waals surface area contributed by atoms with Crippen LogP contribution < -0.4 is 0 Å². The number of hydrogen-bond donors (Lipinski definition) is 0. The molecule has 0 N–H and O–H groups in total. The fourth-order valence-electron chi connectivity index (χ4n) is 8.49. The van der Waals surface area contributed by atoms with Gasteiger partial charge in [-0.1, -0.05) is 140 Å². The summed E-state index contributed by atoms with van der Waals surface area (Å²) in [4.78, 5) is 14.9. The second kappa shape index (κ2) is 11.9. The monoisotopic (exact) mass is 714 g/mol. The van der Waals surface area contributed by atoms with Crippen molar-refractivity contribution in [3.8, 4) is 39.9 Å². The van der Waals surface area contributed by atoms with Crippen LogP contribution in [0.1, 0.15) is 0 Å². The van der Waals surface area contributed by atoms with Gasteiger partial charge >= 0.3 is 0 Å². The van der Waals surface area contributed by atoms with Gasteiger partial charge in [0.2, 0.25) is 0 Å². The first-order chi connectivity index (χ1) is 27.7. The SMILES string of the molecule is c1ccc(-c2nc(-c3ccccc3)nc(-c3ccc4c(c3)oc3c5ccccc5c(-n5c6cc7ccccc7cc6c6cc7ccccc7cc65)cc43)n2)cc1. The van der Waals surface area contributed by atoms with E-state index in [1.165, 1.54) is 43.4 Å². The van der Waals surface area contributed by atoms with Crippen LogP contribution in [-0.4, -0.2) is 19.5 Å². The third-order valence-electron chi connectivity index (χ3n) is 11.2. The molecule has 0 amide bonds. The predicted molar refractivity (Wildman–Crippen MR) is 230 cm³/mol. The van der Waals surface area contributed by atoms with Gasteiger partial charge in [0, 0.05) is 49.0 Å². The van der Waals surface area contributed by atoms with Crippen LogP contribution in [0.2, 0.25) is 0 Å². The van der Waals surface area contributed by atoms with E-state index in [0.29, 0.717) is 17.5 Å². The zero-order chi connectivity index (χ0) is 36.7. The van der Waals surface area contributed by atoms with Gasteiger partial charge in [-0.25, -0.2) is 15.0 Å². The molecule has 0 aliphatic rings. The molecule has 0 spiro atoms. The second-order valence-corrected chi connectivity index (χ2v) is 14.4. The molecule has 9 aromatic carbocycles. The Morgan fingerprint density at radius 1 is 0.339 bits per heavy atom. The highest BCUT2D eigenvalue weighted by atomic mass is 16.3. The van der Waals surface area contributed by atoms with Gasteiger partial charge in [-0.3, -0.25) is 0 Å². The molecule has 0 atom stereocenters. The quantitative estimate of drug-likeness (QED) is 0.182. The molecule has 0 aliphatic heterocycles. The Morgan fingerprint density at radius 3 is 1.39 bits per heavy atom. The van der Waals surface area contributed by atoms with Crippen LogP contribution in [-0.2, 0) is 0 Å². The minimum absolute atomic E-state index is 0.593. The first-order valence-electron chi connectivity index (χ1n) is 18.8. The molecule has 3 heterocycles. The Balaban J connectivity index is 1.11. The molecule has 12 rings (SSSR count). The molecule has 0 bridgehead atoms. The van der Waals surface area contributed by atoms with Crippen LogP contribution in [0.15, 0.2) is 186 Å². The molecule has 0 saturated heterocycles. The Hall–Kier alpha value is -7.63. The van der Waals surface area contributed by atoms with Crippen LogP contribution in [0.25, 0.3) is 116 Å². The second-order valence-electron chi connectivity index (χ2n) is 14.4. The Labute approximate surface area is 320 Å². The molecule has 260 valence electrons. The van der Waals surface area contributed by atoms with Crippen molar-refractivity contribution in [3.05, 3.63) is 182 Å². The molecule has 5 heteroatoms. The van der Waals surface area contributed by atoms with Crippen molar-refractivity contribution in [2.24, 2.45) is 0 Å². The smallest absolute Gasteiger partial charge is 0.164 e. The standard InChI is InChI=1S/C51H30N4O/c1-3-13-31(14-4-1)49-52-50(32-15-5-2-6-16-32)54-51(53-49)37-23-24-39-43-30-46(38-21-11-12-22-40(38)48(43)56-47(39)29-37)55-44-27-35-19-9-7-17-33(35)25-41(44)42-26-34-18-8-10-20-36(34)28-45(42)55/h1-30H. The van der Waals surface area contributed by atoms with Crippen molar-refractivity contribution < 1.29 is 4.42 Å². The lowest BCUT2D eigenvalue weighted by Crippen LogP contribution is -2.00. The summed E-state index contributed by atoms with van der Waals surface area (Å²) < 4.78 is 9.30. The summed E-state index contributed by atoms with van der Waals surface area (Å²) in [7, 11) is 0. The maximum absolute atomic E-state index is 6.84. The number of benzene rings is 9. The molecule has 0 aliphatic carbocycles. The lowest BCUT2D eigenvalue weighted by molar-refractivity contribution is 0.672. The van der Waals surface area contributed by atoms with E-state index in [0.717, 1.165) is 55.1 Å². The van der Waals surface area contributed by atoms with Crippen molar-refractivity contribution in [3.63, 3.8) is 0 Å². The third-order valence-corrected chi connectivity index (χ3v) is 11.2. The summed E-state index contributed by atoms with van der Waals surface area (Å²) in [5, 5.41) is 11.6. The first-order valence-corrected chi connectivity index (χ1v) is 18.8. The van der Waals surface area contributed by atoms with Crippen LogP contribution >= 0.6 is 0 Å². The molecule has 0 fully saturated rings. The molecular weight excluding hydrogens is 685 g/mol. The number of hydrogen-bond acceptors (Lipinski definition) is 4. The Bertz CT molecular complexity index is 3380. The highest BCUT2D eigenvalue weighted by Gasteiger charge is 2.21. The van der Waals surface area contributed by atoms with E-state index in [4.69, 9.17) is 19.4 Å². The van der Waals surface area contributed by atoms with Crippen molar-refractivity contribution in [2.45, 2.75) is 0 Å². The number of rotatable bonds is 4. The minimum Gasteiger partial charge on any atom is -0.455 e. The number of aromatic nitrogens is 4. The number of nitrogens with zero attached hydrogens (tertiary/aromatic N) is 4. The lowest BCUT2D eigenvalue weighted by Gasteiger charge is -2.13. The summed E-state index contributed by atoms with van der Waals surface area (Å²) in [6, 6.07) is 64.0. The largest absolute Gasteiger partial charge is 0.455 e. The van der Waals surface area contributed by atoms with Crippen LogP contribution in [0.5, 0.6) is 0 Å². The highest BCUT2D eigenvalue weighted by Crippen LogP contribution is 2.43. The zero-order valence-electron chi connectivity index (χ0n) is 30.0. The molecule has 0 saturated carbocycles. The molecule has 12 aromatic rings. The molecule has 0 radical (unpaired) electrons. The fourth-order valence-corrected chi connectivity index (χ4v) is 8.49. The Kier molecular flexibility index (Phi) is 6.56. The van der Waals surface area contributed by atoms with Crippen LogP contribution in [0.3, 0.4) is 0 Å². The van der Waals surface area contributed by atoms with Crippen LogP contribution in [0, 0.1) is 0 Å². The van der Waals surface area contributed by atoms with Gasteiger partial charge in [-0.15, -0.1) is 0 Å². The molecule has 0 unspecified atom stereocenters. The third kappa shape index (κ3) is 4.71. The summed E-state index contributed by atoms with van der Waals surface area (Å²) in [6.07, 6.45) is 0. The molecule has 3 aromatic heterocycles. The van der Waals surface area contributed by atoms with E-state index in [1.54, 1.807) is 0 Å².